The van der Waals surface area contributed by atoms with Crippen molar-refractivity contribution in [1.82, 2.24) is 4.98 Å². The van der Waals surface area contributed by atoms with Crippen LogP contribution >= 0.6 is 0 Å². The molecule has 1 N–H and O–H groups in total. The quantitative estimate of drug-likeness (QED) is 0.937. The highest BCUT2D eigenvalue weighted by Gasteiger charge is 2.16. The van der Waals surface area contributed by atoms with E-state index < -0.39 is 10.0 Å². The van der Waals surface area contributed by atoms with Gasteiger partial charge >= 0.3 is 0 Å². The molecule has 0 aliphatic rings. The van der Waals surface area contributed by atoms with Crippen LogP contribution in [0.4, 0.5) is 5.82 Å². The van der Waals surface area contributed by atoms with Crippen LogP contribution in [-0.4, -0.2) is 13.4 Å². The zero-order valence-electron chi connectivity index (χ0n) is 11.1. The van der Waals surface area contributed by atoms with Crippen molar-refractivity contribution >= 4 is 15.8 Å². The number of benzene rings is 1. The van der Waals surface area contributed by atoms with E-state index in [1.807, 2.05) is 26.8 Å². The summed E-state index contributed by atoms with van der Waals surface area (Å²) in [4.78, 5) is 4.31. The Kier molecular flexibility index (Phi) is 3.57. The minimum atomic E-state index is -3.58. The van der Waals surface area contributed by atoms with Crippen LogP contribution in [0.5, 0.6) is 0 Å². The number of rotatable bonds is 3. The Labute approximate surface area is 113 Å². The summed E-state index contributed by atoms with van der Waals surface area (Å²) in [5.41, 5.74) is 2.85. The molecule has 100 valence electrons. The molecule has 0 radical (unpaired) electrons. The Morgan fingerprint density at radius 3 is 2.26 bits per heavy atom. The molecule has 0 fully saturated rings. The van der Waals surface area contributed by atoms with Crippen molar-refractivity contribution in [2.45, 2.75) is 25.7 Å². The fourth-order valence-electron chi connectivity index (χ4n) is 1.64. The van der Waals surface area contributed by atoms with Gasteiger partial charge in [-0.25, -0.2) is 13.4 Å². The van der Waals surface area contributed by atoms with Crippen molar-refractivity contribution in [3.05, 3.63) is 53.2 Å². The molecule has 0 aliphatic heterocycles. The third kappa shape index (κ3) is 2.93. The second-order valence-corrected chi connectivity index (χ2v) is 6.20. The van der Waals surface area contributed by atoms with E-state index >= 15 is 0 Å². The smallest absolute Gasteiger partial charge is 0.263 e. The average Bonchev–Trinajstić information content (AvgIpc) is 2.35. The van der Waals surface area contributed by atoms with Crippen LogP contribution in [0.25, 0.3) is 0 Å². The van der Waals surface area contributed by atoms with Gasteiger partial charge in [0.05, 0.1) is 4.90 Å². The molecule has 1 aromatic carbocycles. The highest BCUT2D eigenvalue weighted by Crippen LogP contribution is 2.19. The van der Waals surface area contributed by atoms with Crippen LogP contribution in [0.1, 0.15) is 16.7 Å². The minimum Gasteiger partial charge on any atom is -0.263 e. The van der Waals surface area contributed by atoms with Crippen molar-refractivity contribution in [2.75, 3.05) is 4.72 Å². The molecule has 1 aromatic heterocycles. The van der Waals surface area contributed by atoms with Gasteiger partial charge in [0, 0.05) is 6.20 Å². The first kappa shape index (κ1) is 13.5. The SMILES string of the molecule is Cc1ccc(S(=O)(=O)Nc2nccc(C)c2C)cc1. The van der Waals surface area contributed by atoms with Gasteiger partial charge in [0.2, 0.25) is 0 Å². The van der Waals surface area contributed by atoms with E-state index in [1.165, 1.54) is 0 Å². The van der Waals surface area contributed by atoms with E-state index in [2.05, 4.69) is 9.71 Å². The lowest BCUT2D eigenvalue weighted by atomic mass is 10.2. The summed E-state index contributed by atoms with van der Waals surface area (Å²) >= 11 is 0. The van der Waals surface area contributed by atoms with Crippen molar-refractivity contribution in [3.63, 3.8) is 0 Å². The number of hydrogen-bond donors (Lipinski definition) is 1. The molecule has 1 heterocycles. The Morgan fingerprint density at radius 2 is 1.63 bits per heavy atom. The molecule has 0 aliphatic carbocycles. The van der Waals surface area contributed by atoms with Crippen LogP contribution in [0.2, 0.25) is 0 Å². The number of hydrogen-bond acceptors (Lipinski definition) is 3. The van der Waals surface area contributed by atoms with Crippen molar-refractivity contribution in [3.8, 4) is 0 Å². The number of aromatic nitrogens is 1. The van der Waals surface area contributed by atoms with Gasteiger partial charge in [0.1, 0.15) is 5.82 Å². The maximum Gasteiger partial charge on any atom is 0.263 e. The molecule has 0 saturated heterocycles. The van der Waals surface area contributed by atoms with Crippen LogP contribution < -0.4 is 4.72 Å². The Bertz CT molecular complexity index is 692. The van der Waals surface area contributed by atoms with Gasteiger partial charge < -0.3 is 0 Å². The van der Waals surface area contributed by atoms with Gasteiger partial charge in [-0.3, -0.25) is 4.72 Å². The van der Waals surface area contributed by atoms with E-state index in [0.717, 1.165) is 16.7 Å². The predicted molar refractivity (Wildman–Crippen MR) is 75.7 cm³/mol. The first-order valence-corrected chi connectivity index (χ1v) is 7.40. The molecule has 2 rings (SSSR count). The maximum absolute atomic E-state index is 12.2. The lowest BCUT2D eigenvalue weighted by Crippen LogP contribution is -2.15. The maximum atomic E-state index is 12.2. The summed E-state index contributed by atoms with van der Waals surface area (Å²) in [5, 5.41) is 0. The summed E-state index contributed by atoms with van der Waals surface area (Å²) in [5.74, 6) is 0.376. The summed E-state index contributed by atoms with van der Waals surface area (Å²) < 4.78 is 27.0. The molecule has 19 heavy (non-hydrogen) atoms. The van der Waals surface area contributed by atoms with Gasteiger partial charge in [0.15, 0.2) is 0 Å². The molecule has 0 saturated carbocycles. The molecule has 0 amide bonds. The predicted octanol–water partition coefficient (Wildman–Crippen LogP) is 2.81. The monoisotopic (exact) mass is 276 g/mol. The van der Waals surface area contributed by atoms with Gasteiger partial charge in [-0.2, -0.15) is 0 Å². The topological polar surface area (TPSA) is 59.1 Å². The molecular formula is C14H16N2O2S. The van der Waals surface area contributed by atoms with Gasteiger partial charge in [-0.15, -0.1) is 0 Å². The first-order valence-electron chi connectivity index (χ1n) is 5.92. The van der Waals surface area contributed by atoms with E-state index in [9.17, 15) is 8.42 Å². The normalized spacial score (nSPS) is 11.3. The molecule has 2 aromatic rings. The third-order valence-electron chi connectivity index (χ3n) is 3.04. The van der Waals surface area contributed by atoms with Crippen molar-refractivity contribution in [2.24, 2.45) is 0 Å². The number of nitrogens with one attached hydrogen (secondary N) is 1. The van der Waals surface area contributed by atoms with Gasteiger partial charge in [-0.05, 0) is 50.1 Å². The molecule has 5 heteroatoms. The van der Waals surface area contributed by atoms with Gasteiger partial charge in [-0.1, -0.05) is 17.7 Å². The largest absolute Gasteiger partial charge is 0.263 e. The number of anilines is 1. The van der Waals surface area contributed by atoms with Crippen LogP contribution in [-0.2, 0) is 10.0 Å². The van der Waals surface area contributed by atoms with Gasteiger partial charge in [0.25, 0.3) is 10.0 Å². The van der Waals surface area contributed by atoms with E-state index in [0.29, 0.717) is 5.82 Å². The average molecular weight is 276 g/mol. The van der Waals surface area contributed by atoms with Crippen LogP contribution in [0, 0.1) is 20.8 Å². The van der Waals surface area contributed by atoms with Crippen molar-refractivity contribution < 1.29 is 8.42 Å². The fraction of sp³-hybridized carbons (Fsp3) is 0.214. The Morgan fingerprint density at radius 1 is 1.00 bits per heavy atom. The highest BCUT2D eigenvalue weighted by atomic mass is 32.2. The lowest BCUT2D eigenvalue weighted by Gasteiger charge is -2.11. The van der Waals surface area contributed by atoms with E-state index in [4.69, 9.17) is 0 Å². The fourth-order valence-corrected chi connectivity index (χ4v) is 2.71. The number of sulfonamides is 1. The molecular weight excluding hydrogens is 260 g/mol. The van der Waals surface area contributed by atoms with E-state index in [1.54, 1.807) is 30.5 Å². The first-order chi connectivity index (χ1) is 8.90. The summed E-state index contributed by atoms with van der Waals surface area (Å²) in [7, 11) is -3.58. The zero-order chi connectivity index (χ0) is 14.0. The second-order valence-electron chi connectivity index (χ2n) is 4.52. The number of pyridine rings is 1. The Hall–Kier alpha value is -1.88. The highest BCUT2D eigenvalue weighted by molar-refractivity contribution is 7.92. The molecule has 0 unspecified atom stereocenters. The minimum absolute atomic E-state index is 0.237. The molecule has 0 atom stereocenters. The standard InChI is InChI=1S/C14H16N2O2S/c1-10-4-6-13(7-5-10)19(17,18)16-14-12(3)11(2)8-9-15-14/h4-9H,1-3H3,(H,15,16). The summed E-state index contributed by atoms with van der Waals surface area (Å²) in [6.07, 6.45) is 1.59. The Balaban J connectivity index is 2.36. The van der Waals surface area contributed by atoms with E-state index in [-0.39, 0.29) is 4.90 Å². The third-order valence-corrected chi connectivity index (χ3v) is 4.39. The molecule has 0 spiro atoms. The van der Waals surface area contributed by atoms with Crippen LogP contribution in [0.3, 0.4) is 0 Å². The lowest BCUT2D eigenvalue weighted by molar-refractivity contribution is 0.601. The summed E-state index contributed by atoms with van der Waals surface area (Å²) in [6, 6.07) is 8.56. The number of nitrogens with zero attached hydrogens (tertiary/aromatic N) is 1. The van der Waals surface area contributed by atoms with Crippen molar-refractivity contribution in [1.29, 1.82) is 0 Å². The second kappa shape index (κ2) is 5.01. The van der Waals surface area contributed by atoms with Crippen LogP contribution in [0.15, 0.2) is 41.4 Å². The summed E-state index contributed by atoms with van der Waals surface area (Å²) in [6.45, 7) is 5.67. The molecule has 0 bridgehead atoms. The molecule has 4 nitrogen and oxygen atoms in total. The zero-order valence-corrected chi connectivity index (χ0v) is 12.0. The number of aryl methyl sites for hydroxylation is 2.